The molecule has 0 aliphatic heterocycles. The molecule has 0 radical (unpaired) electrons. The SMILES string of the molecule is CCCc1c(N)ncnc1Oc1ccc(C(C)C)cc1. The van der Waals surface area contributed by atoms with Crippen LogP contribution >= 0.6 is 0 Å². The van der Waals surface area contributed by atoms with Gasteiger partial charge in [0.1, 0.15) is 17.9 Å². The first kappa shape index (κ1) is 14.3. The van der Waals surface area contributed by atoms with Crippen molar-refractivity contribution in [3.63, 3.8) is 0 Å². The smallest absolute Gasteiger partial charge is 0.227 e. The monoisotopic (exact) mass is 271 g/mol. The summed E-state index contributed by atoms with van der Waals surface area (Å²) >= 11 is 0. The van der Waals surface area contributed by atoms with Gasteiger partial charge in [0.2, 0.25) is 5.88 Å². The Morgan fingerprint density at radius 3 is 2.45 bits per heavy atom. The van der Waals surface area contributed by atoms with Gasteiger partial charge < -0.3 is 10.5 Å². The third kappa shape index (κ3) is 3.26. The lowest BCUT2D eigenvalue weighted by Gasteiger charge is -2.11. The van der Waals surface area contributed by atoms with E-state index in [2.05, 4.69) is 42.9 Å². The van der Waals surface area contributed by atoms with Crippen molar-refractivity contribution in [1.29, 1.82) is 0 Å². The second-order valence-corrected chi connectivity index (χ2v) is 5.12. The molecular formula is C16H21N3O. The molecule has 0 aliphatic carbocycles. The summed E-state index contributed by atoms with van der Waals surface area (Å²) in [7, 11) is 0. The van der Waals surface area contributed by atoms with Crippen LogP contribution in [0.2, 0.25) is 0 Å². The van der Waals surface area contributed by atoms with Crippen LogP contribution in [-0.4, -0.2) is 9.97 Å². The molecule has 2 N–H and O–H groups in total. The summed E-state index contributed by atoms with van der Waals surface area (Å²) in [6, 6.07) is 8.07. The number of aromatic nitrogens is 2. The molecule has 0 saturated heterocycles. The number of benzene rings is 1. The largest absolute Gasteiger partial charge is 0.439 e. The van der Waals surface area contributed by atoms with Crippen molar-refractivity contribution in [3.8, 4) is 11.6 Å². The van der Waals surface area contributed by atoms with Gasteiger partial charge in [-0.25, -0.2) is 9.97 Å². The Morgan fingerprint density at radius 1 is 1.15 bits per heavy atom. The summed E-state index contributed by atoms with van der Waals surface area (Å²) < 4.78 is 5.85. The number of nitrogens with two attached hydrogens (primary N) is 1. The van der Waals surface area contributed by atoms with Gasteiger partial charge in [0.25, 0.3) is 0 Å². The molecular weight excluding hydrogens is 250 g/mol. The van der Waals surface area contributed by atoms with E-state index in [0.29, 0.717) is 17.6 Å². The minimum absolute atomic E-state index is 0.496. The molecule has 0 saturated carbocycles. The average molecular weight is 271 g/mol. The number of ether oxygens (including phenoxy) is 1. The third-order valence-corrected chi connectivity index (χ3v) is 3.20. The molecule has 0 spiro atoms. The Hall–Kier alpha value is -2.10. The first-order chi connectivity index (χ1) is 9.61. The number of nitrogens with zero attached hydrogens (tertiary/aromatic N) is 2. The Kier molecular flexibility index (Phi) is 4.56. The van der Waals surface area contributed by atoms with Crippen LogP contribution in [0.4, 0.5) is 5.82 Å². The van der Waals surface area contributed by atoms with Crippen molar-refractivity contribution in [1.82, 2.24) is 9.97 Å². The highest BCUT2D eigenvalue weighted by Gasteiger charge is 2.10. The molecule has 1 aromatic heterocycles. The summed E-state index contributed by atoms with van der Waals surface area (Å²) in [5, 5.41) is 0. The first-order valence-electron chi connectivity index (χ1n) is 6.99. The normalized spacial score (nSPS) is 10.8. The van der Waals surface area contributed by atoms with Crippen molar-refractivity contribution in [2.45, 2.75) is 39.5 Å². The maximum Gasteiger partial charge on any atom is 0.227 e. The quantitative estimate of drug-likeness (QED) is 0.895. The predicted octanol–water partition coefficient (Wildman–Crippen LogP) is 3.93. The van der Waals surface area contributed by atoms with Crippen LogP contribution in [-0.2, 0) is 6.42 Å². The topological polar surface area (TPSA) is 61.0 Å². The molecule has 0 atom stereocenters. The van der Waals surface area contributed by atoms with Crippen LogP contribution in [0.25, 0.3) is 0 Å². The molecule has 0 amide bonds. The van der Waals surface area contributed by atoms with E-state index < -0.39 is 0 Å². The lowest BCUT2D eigenvalue weighted by molar-refractivity contribution is 0.454. The molecule has 4 nitrogen and oxygen atoms in total. The van der Waals surface area contributed by atoms with Gasteiger partial charge in [-0.05, 0) is 30.0 Å². The molecule has 2 rings (SSSR count). The third-order valence-electron chi connectivity index (χ3n) is 3.20. The molecule has 0 aliphatic rings. The number of anilines is 1. The first-order valence-corrected chi connectivity index (χ1v) is 6.99. The molecule has 4 heteroatoms. The number of hydrogen-bond donors (Lipinski definition) is 1. The van der Waals surface area contributed by atoms with Crippen LogP contribution in [0.5, 0.6) is 11.6 Å². The van der Waals surface area contributed by atoms with Gasteiger partial charge >= 0.3 is 0 Å². The summed E-state index contributed by atoms with van der Waals surface area (Å²) in [4.78, 5) is 8.22. The Bertz CT molecular complexity index is 564. The Labute approximate surface area is 120 Å². The molecule has 2 aromatic rings. The van der Waals surface area contributed by atoms with E-state index in [4.69, 9.17) is 10.5 Å². The van der Waals surface area contributed by atoms with Gasteiger partial charge in [-0.2, -0.15) is 0 Å². The molecule has 0 unspecified atom stereocenters. The maximum atomic E-state index is 5.89. The standard InChI is InChI=1S/C16H21N3O/c1-4-5-14-15(17)18-10-19-16(14)20-13-8-6-12(7-9-13)11(2)3/h6-11H,4-5H2,1-3H3,(H2,17,18,19). The lowest BCUT2D eigenvalue weighted by atomic mass is 10.0. The average Bonchev–Trinajstić information content (AvgIpc) is 2.43. The maximum absolute atomic E-state index is 5.89. The summed E-state index contributed by atoms with van der Waals surface area (Å²) in [6.45, 7) is 6.42. The summed E-state index contributed by atoms with van der Waals surface area (Å²) in [5.41, 5.74) is 8.06. The predicted molar refractivity (Wildman–Crippen MR) is 81.0 cm³/mol. The van der Waals surface area contributed by atoms with Crippen molar-refractivity contribution in [2.24, 2.45) is 0 Å². The van der Waals surface area contributed by atoms with E-state index in [1.165, 1.54) is 11.9 Å². The van der Waals surface area contributed by atoms with Crippen molar-refractivity contribution < 1.29 is 4.74 Å². The zero-order valence-electron chi connectivity index (χ0n) is 12.3. The van der Waals surface area contributed by atoms with Gasteiger partial charge in [0, 0.05) is 0 Å². The zero-order valence-corrected chi connectivity index (χ0v) is 12.3. The molecule has 1 heterocycles. The number of rotatable bonds is 5. The van der Waals surface area contributed by atoms with Crippen LogP contribution < -0.4 is 10.5 Å². The van der Waals surface area contributed by atoms with Crippen molar-refractivity contribution in [2.75, 3.05) is 5.73 Å². The fourth-order valence-corrected chi connectivity index (χ4v) is 2.01. The van der Waals surface area contributed by atoms with Gasteiger partial charge in [-0.3, -0.25) is 0 Å². The van der Waals surface area contributed by atoms with Crippen LogP contribution in [0.15, 0.2) is 30.6 Å². The molecule has 106 valence electrons. The minimum atomic E-state index is 0.496. The zero-order chi connectivity index (χ0) is 14.5. The molecule has 1 aromatic carbocycles. The lowest BCUT2D eigenvalue weighted by Crippen LogP contribution is -2.02. The Balaban J connectivity index is 2.23. The van der Waals surface area contributed by atoms with E-state index >= 15 is 0 Å². The molecule has 20 heavy (non-hydrogen) atoms. The van der Waals surface area contributed by atoms with Crippen molar-refractivity contribution in [3.05, 3.63) is 41.7 Å². The van der Waals surface area contributed by atoms with E-state index in [1.54, 1.807) is 0 Å². The van der Waals surface area contributed by atoms with Gasteiger partial charge in [0.05, 0.1) is 5.56 Å². The van der Waals surface area contributed by atoms with E-state index in [9.17, 15) is 0 Å². The highest BCUT2D eigenvalue weighted by molar-refractivity contribution is 5.46. The fraction of sp³-hybridized carbons (Fsp3) is 0.375. The fourth-order valence-electron chi connectivity index (χ4n) is 2.01. The van der Waals surface area contributed by atoms with Gasteiger partial charge in [0.15, 0.2) is 0 Å². The van der Waals surface area contributed by atoms with Crippen LogP contribution in [0, 0.1) is 0 Å². The molecule has 0 bridgehead atoms. The van der Waals surface area contributed by atoms with E-state index in [0.717, 1.165) is 24.2 Å². The second-order valence-electron chi connectivity index (χ2n) is 5.12. The van der Waals surface area contributed by atoms with Crippen LogP contribution in [0.1, 0.15) is 44.2 Å². The van der Waals surface area contributed by atoms with E-state index in [-0.39, 0.29) is 0 Å². The van der Waals surface area contributed by atoms with Crippen LogP contribution in [0.3, 0.4) is 0 Å². The van der Waals surface area contributed by atoms with E-state index in [1.807, 2.05) is 12.1 Å². The van der Waals surface area contributed by atoms with Gasteiger partial charge in [-0.15, -0.1) is 0 Å². The molecule has 0 fully saturated rings. The summed E-state index contributed by atoms with van der Waals surface area (Å²) in [5.74, 6) is 2.33. The number of nitrogen functional groups attached to an aromatic ring is 1. The summed E-state index contributed by atoms with van der Waals surface area (Å²) in [6.07, 6.45) is 3.22. The minimum Gasteiger partial charge on any atom is -0.439 e. The second kappa shape index (κ2) is 6.37. The van der Waals surface area contributed by atoms with Gasteiger partial charge in [-0.1, -0.05) is 39.3 Å². The van der Waals surface area contributed by atoms with Crippen molar-refractivity contribution >= 4 is 5.82 Å². The highest BCUT2D eigenvalue weighted by atomic mass is 16.5. The number of hydrogen-bond acceptors (Lipinski definition) is 4. The Morgan fingerprint density at radius 2 is 1.85 bits per heavy atom. The highest BCUT2D eigenvalue weighted by Crippen LogP contribution is 2.27.